The van der Waals surface area contributed by atoms with Crippen molar-refractivity contribution in [3.8, 4) is 5.88 Å². The largest absolute Gasteiger partial charge is 0.481 e. The molecule has 2 rings (SSSR count). The zero-order valence-corrected chi connectivity index (χ0v) is 10.3. The molecule has 0 bridgehead atoms. The molecule has 1 aromatic heterocycles. The number of rotatable bonds is 5. The van der Waals surface area contributed by atoms with Gasteiger partial charge >= 0.3 is 0 Å². The molecule has 3 N–H and O–H groups in total. The second-order valence-corrected chi connectivity index (χ2v) is 4.04. The lowest BCUT2D eigenvalue weighted by Crippen LogP contribution is -2.29. The number of hydrogen-bond acceptors (Lipinski definition) is 4. The van der Waals surface area contributed by atoms with Gasteiger partial charge in [-0.2, -0.15) is 0 Å². The van der Waals surface area contributed by atoms with Crippen LogP contribution in [0.5, 0.6) is 5.88 Å². The molecule has 1 atom stereocenters. The molecule has 4 nitrogen and oxygen atoms in total. The van der Waals surface area contributed by atoms with E-state index in [-0.39, 0.29) is 6.04 Å². The molecule has 0 aliphatic heterocycles. The van der Waals surface area contributed by atoms with Crippen LogP contribution in [-0.2, 0) is 6.42 Å². The van der Waals surface area contributed by atoms with Gasteiger partial charge in [0.1, 0.15) is 0 Å². The molecule has 0 radical (unpaired) electrons. The molecule has 0 spiro atoms. The first kappa shape index (κ1) is 12.5. The van der Waals surface area contributed by atoms with Gasteiger partial charge in [-0.15, -0.1) is 0 Å². The van der Waals surface area contributed by atoms with Gasteiger partial charge in [0.15, 0.2) is 0 Å². The van der Waals surface area contributed by atoms with Crippen molar-refractivity contribution in [2.75, 3.05) is 7.11 Å². The third-order valence-corrected chi connectivity index (χ3v) is 2.85. The summed E-state index contributed by atoms with van der Waals surface area (Å²) in [5, 5.41) is 0. The minimum absolute atomic E-state index is 0.0846. The van der Waals surface area contributed by atoms with Crippen molar-refractivity contribution in [1.82, 2.24) is 10.4 Å². The maximum atomic E-state index is 5.61. The van der Waals surface area contributed by atoms with Gasteiger partial charge < -0.3 is 4.74 Å². The van der Waals surface area contributed by atoms with Crippen LogP contribution in [0.2, 0.25) is 0 Å². The molecule has 1 heterocycles. The summed E-state index contributed by atoms with van der Waals surface area (Å²) in [6, 6.07) is 14.1. The molecular formula is C14H17N3O. The topological polar surface area (TPSA) is 60.2 Å². The highest BCUT2D eigenvalue weighted by atomic mass is 16.5. The maximum Gasteiger partial charge on any atom is 0.212 e. The van der Waals surface area contributed by atoms with Gasteiger partial charge in [-0.3, -0.25) is 11.3 Å². The smallest absolute Gasteiger partial charge is 0.212 e. The van der Waals surface area contributed by atoms with Crippen LogP contribution in [0.1, 0.15) is 17.2 Å². The third kappa shape index (κ3) is 3.06. The predicted octanol–water partition coefficient (Wildman–Crippen LogP) is 1.84. The van der Waals surface area contributed by atoms with Gasteiger partial charge in [0.05, 0.1) is 13.2 Å². The summed E-state index contributed by atoms with van der Waals surface area (Å²) < 4.78 is 5.03. The molecule has 1 aromatic carbocycles. The third-order valence-electron chi connectivity index (χ3n) is 2.85. The highest BCUT2D eigenvalue weighted by Crippen LogP contribution is 2.18. The van der Waals surface area contributed by atoms with E-state index in [4.69, 9.17) is 10.6 Å². The van der Waals surface area contributed by atoms with Crippen LogP contribution in [-0.4, -0.2) is 12.1 Å². The van der Waals surface area contributed by atoms with Crippen LogP contribution in [0.4, 0.5) is 0 Å². The van der Waals surface area contributed by atoms with Crippen LogP contribution in [0.25, 0.3) is 0 Å². The number of hydrogen-bond donors (Lipinski definition) is 2. The summed E-state index contributed by atoms with van der Waals surface area (Å²) in [5.74, 6) is 6.23. The predicted molar refractivity (Wildman–Crippen MR) is 71.0 cm³/mol. The second kappa shape index (κ2) is 6.14. The lowest BCUT2D eigenvalue weighted by molar-refractivity contribution is 0.397. The Kier molecular flexibility index (Phi) is 4.28. The fourth-order valence-electron chi connectivity index (χ4n) is 1.85. The van der Waals surface area contributed by atoms with E-state index in [9.17, 15) is 0 Å². The van der Waals surface area contributed by atoms with Crippen molar-refractivity contribution in [2.45, 2.75) is 12.5 Å². The number of methoxy groups -OCH3 is 1. The number of benzene rings is 1. The van der Waals surface area contributed by atoms with Crippen LogP contribution < -0.4 is 16.0 Å². The Balaban J connectivity index is 2.10. The van der Waals surface area contributed by atoms with E-state index in [1.165, 1.54) is 0 Å². The quantitative estimate of drug-likeness (QED) is 0.621. The number of hydrazine groups is 1. The molecule has 0 fully saturated rings. The average Bonchev–Trinajstić information content (AvgIpc) is 2.46. The average molecular weight is 243 g/mol. The van der Waals surface area contributed by atoms with Gasteiger partial charge in [0.2, 0.25) is 5.88 Å². The van der Waals surface area contributed by atoms with Crippen molar-refractivity contribution in [3.63, 3.8) is 0 Å². The summed E-state index contributed by atoms with van der Waals surface area (Å²) in [7, 11) is 1.61. The van der Waals surface area contributed by atoms with Gasteiger partial charge in [-0.25, -0.2) is 4.98 Å². The Morgan fingerprint density at radius 2 is 2.00 bits per heavy atom. The van der Waals surface area contributed by atoms with E-state index < -0.39 is 0 Å². The van der Waals surface area contributed by atoms with Crippen molar-refractivity contribution < 1.29 is 4.74 Å². The van der Waals surface area contributed by atoms with Crippen LogP contribution in [0, 0.1) is 0 Å². The van der Waals surface area contributed by atoms with Crippen molar-refractivity contribution in [3.05, 3.63) is 59.8 Å². The lowest BCUT2D eigenvalue weighted by atomic mass is 10.0. The molecule has 0 saturated carbocycles. The Hall–Kier alpha value is -1.91. The summed E-state index contributed by atoms with van der Waals surface area (Å²) in [6.45, 7) is 0. The first-order valence-corrected chi connectivity index (χ1v) is 5.83. The van der Waals surface area contributed by atoms with Gasteiger partial charge in [-0.05, 0) is 17.5 Å². The van der Waals surface area contributed by atoms with Crippen molar-refractivity contribution in [1.29, 1.82) is 0 Å². The zero-order chi connectivity index (χ0) is 12.8. The first-order valence-electron chi connectivity index (χ1n) is 5.83. The fraction of sp³-hybridized carbons (Fsp3) is 0.214. The van der Waals surface area contributed by atoms with Crippen molar-refractivity contribution in [2.24, 2.45) is 5.84 Å². The van der Waals surface area contributed by atoms with Crippen LogP contribution in [0.15, 0.2) is 48.7 Å². The summed E-state index contributed by atoms with van der Waals surface area (Å²) in [5.41, 5.74) is 5.11. The van der Waals surface area contributed by atoms with E-state index in [0.29, 0.717) is 5.88 Å². The second-order valence-electron chi connectivity index (χ2n) is 4.04. The first-order chi connectivity index (χ1) is 8.83. The zero-order valence-electron chi connectivity index (χ0n) is 10.3. The number of nitrogens with zero attached hydrogens (tertiary/aromatic N) is 1. The Morgan fingerprint density at radius 3 is 2.56 bits per heavy atom. The number of pyridine rings is 1. The maximum absolute atomic E-state index is 5.61. The Bertz CT molecular complexity index is 470. The molecule has 0 saturated heterocycles. The number of aromatic nitrogens is 1. The molecular weight excluding hydrogens is 226 g/mol. The molecule has 1 unspecified atom stereocenters. The lowest BCUT2D eigenvalue weighted by Gasteiger charge is -2.16. The highest BCUT2D eigenvalue weighted by Gasteiger charge is 2.10. The van der Waals surface area contributed by atoms with E-state index in [0.717, 1.165) is 17.5 Å². The normalized spacial score (nSPS) is 12.1. The molecule has 0 aliphatic carbocycles. The van der Waals surface area contributed by atoms with Crippen molar-refractivity contribution >= 4 is 0 Å². The minimum Gasteiger partial charge on any atom is -0.481 e. The number of ether oxygens (including phenoxy) is 1. The molecule has 4 heteroatoms. The van der Waals surface area contributed by atoms with E-state index in [1.54, 1.807) is 7.11 Å². The molecule has 18 heavy (non-hydrogen) atoms. The highest BCUT2D eigenvalue weighted by molar-refractivity contribution is 5.24. The number of nitrogens with one attached hydrogen (secondary N) is 1. The van der Waals surface area contributed by atoms with E-state index >= 15 is 0 Å². The minimum atomic E-state index is 0.0846. The van der Waals surface area contributed by atoms with Crippen LogP contribution in [0.3, 0.4) is 0 Å². The summed E-state index contributed by atoms with van der Waals surface area (Å²) in [4.78, 5) is 4.19. The monoisotopic (exact) mass is 243 g/mol. The standard InChI is InChI=1S/C14H17N3O/c1-18-14-8-7-11(10-16-14)9-13(17-15)12-5-3-2-4-6-12/h2-8,10,13,17H,9,15H2,1H3. The molecule has 0 amide bonds. The Labute approximate surface area is 107 Å². The van der Waals surface area contributed by atoms with E-state index in [2.05, 4.69) is 22.5 Å². The van der Waals surface area contributed by atoms with Gasteiger partial charge in [0.25, 0.3) is 0 Å². The van der Waals surface area contributed by atoms with E-state index in [1.807, 2.05) is 36.5 Å². The van der Waals surface area contributed by atoms with Gasteiger partial charge in [-0.1, -0.05) is 36.4 Å². The summed E-state index contributed by atoms with van der Waals surface area (Å²) >= 11 is 0. The number of nitrogens with two attached hydrogens (primary N) is 1. The van der Waals surface area contributed by atoms with Crippen LogP contribution >= 0.6 is 0 Å². The Morgan fingerprint density at radius 1 is 1.22 bits per heavy atom. The SMILES string of the molecule is COc1ccc(CC(NN)c2ccccc2)cn1. The summed E-state index contributed by atoms with van der Waals surface area (Å²) in [6.07, 6.45) is 2.60. The van der Waals surface area contributed by atoms with Gasteiger partial charge in [0, 0.05) is 12.3 Å². The molecule has 0 aliphatic rings. The molecule has 94 valence electrons. The molecule has 2 aromatic rings. The fourth-order valence-corrected chi connectivity index (χ4v) is 1.85.